The molecule has 3 rings (SSSR count). The lowest BCUT2D eigenvalue weighted by atomic mass is 10.3. The van der Waals surface area contributed by atoms with Gasteiger partial charge < -0.3 is 9.73 Å². The van der Waals surface area contributed by atoms with Gasteiger partial charge in [-0.05, 0) is 24.3 Å². The molecule has 0 aliphatic heterocycles. The number of benzene rings is 2. The molecule has 0 saturated carbocycles. The van der Waals surface area contributed by atoms with Crippen LogP contribution in [0.3, 0.4) is 0 Å². The summed E-state index contributed by atoms with van der Waals surface area (Å²) in [5.74, 6) is 0. The number of anilines is 2. The number of nitrogens with one attached hydrogen (secondary N) is 2. The van der Waals surface area contributed by atoms with Crippen LogP contribution in [0.15, 0.2) is 52.9 Å². The molecule has 1 heterocycles. The van der Waals surface area contributed by atoms with Crippen molar-refractivity contribution in [2.75, 3.05) is 10.6 Å². The monoisotopic (exact) mass is 287 g/mol. The van der Waals surface area contributed by atoms with E-state index in [1.807, 2.05) is 12.1 Å². The summed E-state index contributed by atoms with van der Waals surface area (Å²) >= 11 is 5.95. The third-order valence-corrected chi connectivity index (χ3v) is 2.97. The van der Waals surface area contributed by atoms with Crippen molar-refractivity contribution in [3.05, 3.63) is 53.6 Å². The molecule has 0 bridgehead atoms. The highest BCUT2D eigenvalue weighted by Crippen LogP contribution is 2.21. The minimum Gasteiger partial charge on any atom is -0.423 e. The Morgan fingerprint density at radius 1 is 1.05 bits per heavy atom. The highest BCUT2D eigenvalue weighted by atomic mass is 35.5. The van der Waals surface area contributed by atoms with Gasteiger partial charge in [-0.25, -0.2) is 4.79 Å². The SMILES string of the molecule is O=C(Nc1nc2ccccc2o1)Nc1ccccc1Cl. The van der Waals surface area contributed by atoms with Gasteiger partial charge in [0.2, 0.25) is 0 Å². The van der Waals surface area contributed by atoms with Crippen molar-refractivity contribution in [1.29, 1.82) is 0 Å². The first-order valence-electron chi connectivity index (χ1n) is 5.90. The van der Waals surface area contributed by atoms with Gasteiger partial charge in [0, 0.05) is 0 Å². The van der Waals surface area contributed by atoms with Crippen molar-refractivity contribution in [2.24, 2.45) is 0 Å². The van der Waals surface area contributed by atoms with E-state index in [-0.39, 0.29) is 6.01 Å². The number of halogens is 1. The summed E-state index contributed by atoms with van der Waals surface area (Å²) in [5.41, 5.74) is 1.81. The van der Waals surface area contributed by atoms with Crippen LogP contribution in [0.2, 0.25) is 5.02 Å². The molecule has 0 atom stereocenters. The standard InChI is InChI=1S/C14H10ClN3O2/c15-9-5-1-2-6-10(9)16-13(19)18-14-17-11-7-3-4-8-12(11)20-14/h1-8H,(H2,16,17,18,19). The molecule has 6 heteroatoms. The number of nitrogens with zero attached hydrogens (tertiary/aromatic N) is 1. The Morgan fingerprint density at radius 2 is 1.80 bits per heavy atom. The lowest BCUT2D eigenvalue weighted by Crippen LogP contribution is -2.19. The van der Waals surface area contributed by atoms with Gasteiger partial charge in [-0.2, -0.15) is 4.98 Å². The number of carbonyl (C=O) groups is 1. The van der Waals surface area contributed by atoms with E-state index in [4.69, 9.17) is 16.0 Å². The van der Waals surface area contributed by atoms with Crippen molar-refractivity contribution in [3.63, 3.8) is 0 Å². The van der Waals surface area contributed by atoms with Gasteiger partial charge >= 0.3 is 12.0 Å². The van der Waals surface area contributed by atoms with E-state index in [1.165, 1.54) is 0 Å². The van der Waals surface area contributed by atoms with Crippen LogP contribution in [0, 0.1) is 0 Å². The fourth-order valence-electron chi connectivity index (χ4n) is 1.74. The second-order valence-corrected chi connectivity index (χ2v) is 4.45. The molecule has 20 heavy (non-hydrogen) atoms. The molecule has 0 unspecified atom stereocenters. The Kier molecular flexibility index (Phi) is 3.26. The summed E-state index contributed by atoms with van der Waals surface area (Å²) in [6.07, 6.45) is 0. The molecule has 0 aliphatic rings. The number of aromatic nitrogens is 1. The van der Waals surface area contributed by atoms with Crippen LogP contribution in [0.25, 0.3) is 11.1 Å². The maximum atomic E-state index is 11.8. The van der Waals surface area contributed by atoms with Gasteiger partial charge in [0.05, 0.1) is 10.7 Å². The second kappa shape index (κ2) is 5.22. The van der Waals surface area contributed by atoms with E-state index in [2.05, 4.69) is 15.6 Å². The number of fused-ring (bicyclic) bond motifs is 1. The molecule has 0 aliphatic carbocycles. The van der Waals surface area contributed by atoms with Crippen LogP contribution in [-0.4, -0.2) is 11.0 Å². The lowest BCUT2D eigenvalue weighted by Gasteiger charge is -2.06. The number of hydrogen-bond acceptors (Lipinski definition) is 3. The van der Waals surface area contributed by atoms with Gasteiger partial charge in [-0.3, -0.25) is 5.32 Å². The number of amides is 2. The fourth-order valence-corrected chi connectivity index (χ4v) is 1.92. The van der Waals surface area contributed by atoms with Gasteiger partial charge in [-0.15, -0.1) is 0 Å². The van der Waals surface area contributed by atoms with E-state index in [9.17, 15) is 4.79 Å². The van der Waals surface area contributed by atoms with Crippen molar-refractivity contribution >= 4 is 40.4 Å². The van der Waals surface area contributed by atoms with Gasteiger partial charge in [0.1, 0.15) is 5.52 Å². The van der Waals surface area contributed by atoms with Crippen molar-refractivity contribution in [3.8, 4) is 0 Å². The molecule has 5 nitrogen and oxygen atoms in total. The van der Waals surface area contributed by atoms with Gasteiger partial charge in [-0.1, -0.05) is 35.9 Å². The highest BCUT2D eigenvalue weighted by molar-refractivity contribution is 6.33. The average Bonchev–Trinajstić information content (AvgIpc) is 2.83. The number of urea groups is 1. The van der Waals surface area contributed by atoms with E-state index in [0.717, 1.165) is 0 Å². The highest BCUT2D eigenvalue weighted by Gasteiger charge is 2.10. The van der Waals surface area contributed by atoms with Crippen LogP contribution in [0.1, 0.15) is 0 Å². The normalized spacial score (nSPS) is 10.4. The summed E-state index contributed by atoms with van der Waals surface area (Å²) < 4.78 is 5.39. The summed E-state index contributed by atoms with van der Waals surface area (Å²) in [5, 5.41) is 5.60. The number of oxazole rings is 1. The molecule has 0 radical (unpaired) electrons. The molecule has 100 valence electrons. The molecule has 2 N–H and O–H groups in total. The minimum atomic E-state index is -0.468. The average molecular weight is 288 g/mol. The maximum absolute atomic E-state index is 11.8. The summed E-state index contributed by atoms with van der Waals surface area (Å²) in [7, 11) is 0. The summed E-state index contributed by atoms with van der Waals surface area (Å²) in [4.78, 5) is 16.0. The molecule has 1 aromatic heterocycles. The Hall–Kier alpha value is -2.53. The third kappa shape index (κ3) is 2.57. The Bertz CT molecular complexity index is 737. The first-order chi connectivity index (χ1) is 9.72. The van der Waals surface area contributed by atoms with E-state index >= 15 is 0 Å². The number of para-hydroxylation sites is 3. The quantitative estimate of drug-likeness (QED) is 0.745. The van der Waals surface area contributed by atoms with Crippen LogP contribution < -0.4 is 10.6 Å². The molecule has 3 aromatic rings. The first kappa shape index (κ1) is 12.5. The van der Waals surface area contributed by atoms with E-state index in [1.54, 1.807) is 36.4 Å². The Labute approximate surface area is 119 Å². The second-order valence-electron chi connectivity index (χ2n) is 4.05. The molecular formula is C14H10ClN3O2. The maximum Gasteiger partial charge on any atom is 0.327 e. The number of rotatable bonds is 2. The third-order valence-electron chi connectivity index (χ3n) is 2.64. The summed E-state index contributed by atoms with van der Waals surface area (Å²) in [6, 6.07) is 13.9. The Balaban J connectivity index is 1.74. The Morgan fingerprint density at radius 3 is 2.60 bits per heavy atom. The van der Waals surface area contributed by atoms with Crippen LogP contribution in [0.4, 0.5) is 16.5 Å². The first-order valence-corrected chi connectivity index (χ1v) is 6.28. The molecule has 0 saturated heterocycles. The van der Waals surface area contributed by atoms with Crippen molar-refractivity contribution in [1.82, 2.24) is 4.98 Å². The molecule has 2 aromatic carbocycles. The molecular weight excluding hydrogens is 278 g/mol. The zero-order valence-electron chi connectivity index (χ0n) is 10.3. The number of carbonyl (C=O) groups excluding carboxylic acids is 1. The van der Waals surface area contributed by atoms with Crippen molar-refractivity contribution in [2.45, 2.75) is 0 Å². The van der Waals surface area contributed by atoms with E-state index < -0.39 is 6.03 Å². The fraction of sp³-hybridized carbons (Fsp3) is 0. The zero-order valence-corrected chi connectivity index (χ0v) is 11.0. The van der Waals surface area contributed by atoms with Crippen molar-refractivity contribution < 1.29 is 9.21 Å². The largest absolute Gasteiger partial charge is 0.423 e. The van der Waals surface area contributed by atoms with Gasteiger partial charge in [0.25, 0.3) is 0 Å². The lowest BCUT2D eigenvalue weighted by molar-refractivity contribution is 0.261. The smallest absolute Gasteiger partial charge is 0.327 e. The molecule has 0 spiro atoms. The summed E-state index contributed by atoms with van der Waals surface area (Å²) in [6.45, 7) is 0. The predicted molar refractivity (Wildman–Crippen MR) is 78.1 cm³/mol. The van der Waals surface area contributed by atoms with Crippen LogP contribution in [-0.2, 0) is 0 Å². The van der Waals surface area contributed by atoms with Gasteiger partial charge in [0.15, 0.2) is 5.58 Å². The number of hydrogen-bond donors (Lipinski definition) is 2. The van der Waals surface area contributed by atoms with Crippen LogP contribution >= 0.6 is 11.6 Å². The predicted octanol–water partition coefficient (Wildman–Crippen LogP) is 4.13. The topological polar surface area (TPSA) is 67.2 Å². The van der Waals surface area contributed by atoms with E-state index in [0.29, 0.717) is 21.8 Å². The zero-order chi connectivity index (χ0) is 13.9. The molecule has 2 amide bonds. The minimum absolute atomic E-state index is 0.135. The van der Waals surface area contributed by atoms with Crippen LogP contribution in [0.5, 0.6) is 0 Å². The molecule has 0 fully saturated rings.